The number of hydrogen-bond donors (Lipinski definition) is 0. The monoisotopic (exact) mass is 168 g/mol. The summed E-state index contributed by atoms with van der Waals surface area (Å²) < 4.78 is 5.50. The molecule has 2 rings (SSSR count). The number of ketones is 1. The Morgan fingerprint density at radius 3 is 2.50 bits per heavy atom. The van der Waals surface area contributed by atoms with Gasteiger partial charge in [-0.2, -0.15) is 0 Å². The lowest BCUT2D eigenvalue weighted by Crippen LogP contribution is -2.32. The van der Waals surface area contributed by atoms with Crippen molar-refractivity contribution in [2.75, 3.05) is 6.61 Å². The van der Waals surface area contributed by atoms with E-state index < -0.39 is 0 Å². The summed E-state index contributed by atoms with van der Waals surface area (Å²) in [5, 5.41) is 0. The van der Waals surface area contributed by atoms with Crippen LogP contribution in [0.3, 0.4) is 0 Å². The topological polar surface area (TPSA) is 26.3 Å². The van der Waals surface area contributed by atoms with E-state index >= 15 is 0 Å². The van der Waals surface area contributed by atoms with E-state index in [1.54, 1.807) is 0 Å². The molecule has 0 N–H and O–H groups in total. The van der Waals surface area contributed by atoms with Gasteiger partial charge < -0.3 is 4.74 Å². The van der Waals surface area contributed by atoms with Gasteiger partial charge in [0.15, 0.2) is 5.78 Å². The van der Waals surface area contributed by atoms with Crippen LogP contribution in [0.2, 0.25) is 0 Å². The molecule has 2 heteroatoms. The lowest BCUT2D eigenvalue weighted by Gasteiger charge is -2.24. The van der Waals surface area contributed by atoms with Crippen molar-refractivity contribution in [3.05, 3.63) is 0 Å². The molecule has 1 atom stereocenters. The smallest absolute Gasteiger partial charge is 0.164 e. The molecule has 0 aromatic rings. The van der Waals surface area contributed by atoms with Gasteiger partial charge in [0.25, 0.3) is 0 Å². The van der Waals surface area contributed by atoms with Crippen molar-refractivity contribution in [1.29, 1.82) is 0 Å². The Balaban J connectivity index is 2.13. The third-order valence-corrected chi connectivity index (χ3v) is 3.42. The van der Waals surface area contributed by atoms with Crippen LogP contribution in [0.15, 0.2) is 0 Å². The average molecular weight is 168 g/mol. The molecule has 2 nitrogen and oxygen atoms in total. The summed E-state index contributed by atoms with van der Waals surface area (Å²) in [6, 6.07) is 0. The number of carbonyl (C=O) groups is 1. The van der Waals surface area contributed by atoms with E-state index in [1.165, 1.54) is 12.8 Å². The highest BCUT2D eigenvalue weighted by Gasteiger charge is 2.56. The van der Waals surface area contributed by atoms with Crippen molar-refractivity contribution in [1.82, 2.24) is 0 Å². The Kier molecular flexibility index (Phi) is 1.76. The molecule has 1 aliphatic heterocycles. The second-order valence-electron chi connectivity index (χ2n) is 4.36. The highest BCUT2D eigenvalue weighted by molar-refractivity contribution is 5.86. The average Bonchev–Trinajstić information content (AvgIpc) is 2.71. The summed E-state index contributed by atoms with van der Waals surface area (Å²) in [4.78, 5) is 11.4. The number of hydrogen-bond acceptors (Lipinski definition) is 2. The molecule has 0 aromatic heterocycles. The molecule has 0 aromatic carbocycles. The van der Waals surface area contributed by atoms with Crippen molar-refractivity contribution in [3.63, 3.8) is 0 Å². The maximum Gasteiger partial charge on any atom is 0.164 e. The van der Waals surface area contributed by atoms with Gasteiger partial charge in [0.05, 0.1) is 6.61 Å². The summed E-state index contributed by atoms with van der Waals surface area (Å²) in [6.07, 6.45) is 2.94. The van der Waals surface area contributed by atoms with Crippen molar-refractivity contribution < 1.29 is 9.53 Å². The zero-order valence-electron chi connectivity index (χ0n) is 7.80. The van der Waals surface area contributed by atoms with Crippen molar-refractivity contribution in [2.24, 2.45) is 11.3 Å². The van der Waals surface area contributed by atoms with Crippen molar-refractivity contribution >= 4 is 5.78 Å². The molecule has 1 aliphatic carbocycles. The summed E-state index contributed by atoms with van der Waals surface area (Å²) >= 11 is 0. The van der Waals surface area contributed by atoms with Gasteiger partial charge in [-0.1, -0.05) is 13.8 Å². The number of rotatable bonds is 2. The Labute approximate surface area is 73.3 Å². The molecule has 2 fully saturated rings. The van der Waals surface area contributed by atoms with Gasteiger partial charge in [-0.15, -0.1) is 0 Å². The fraction of sp³-hybridized carbons (Fsp3) is 0.900. The van der Waals surface area contributed by atoms with E-state index in [0.29, 0.717) is 24.7 Å². The van der Waals surface area contributed by atoms with Gasteiger partial charge in [0.2, 0.25) is 0 Å². The molecular formula is C10H16O2. The minimum Gasteiger partial charge on any atom is -0.369 e. The number of carbonyl (C=O) groups excluding carboxylic acids is 1. The van der Waals surface area contributed by atoms with E-state index in [1.807, 2.05) is 0 Å². The molecule has 0 bridgehead atoms. The number of Topliss-reactive ketones (excluding diaryl/α,β-unsaturated/α-hetero) is 1. The van der Waals surface area contributed by atoms with E-state index in [0.717, 1.165) is 0 Å². The predicted molar refractivity (Wildman–Crippen MR) is 45.9 cm³/mol. The minimum absolute atomic E-state index is 0.0579. The first-order chi connectivity index (χ1) is 5.67. The Morgan fingerprint density at radius 2 is 2.17 bits per heavy atom. The van der Waals surface area contributed by atoms with Gasteiger partial charge in [-0.25, -0.2) is 0 Å². The van der Waals surface area contributed by atoms with Crippen LogP contribution in [0.4, 0.5) is 0 Å². The second-order valence-corrected chi connectivity index (χ2v) is 4.36. The first kappa shape index (κ1) is 8.24. The summed E-state index contributed by atoms with van der Waals surface area (Å²) in [5.41, 5.74) is 0.230. The minimum atomic E-state index is -0.0579. The normalized spacial score (nSPS) is 32.9. The highest BCUT2D eigenvalue weighted by Crippen LogP contribution is 2.56. The molecule has 1 saturated heterocycles. The van der Waals surface area contributed by atoms with Crippen LogP contribution in [0.1, 0.15) is 33.1 Å². The Bertz CT molecular complexity index is 204. The van der Waals surface area contributed by atoms with Gasteiger partial charge in [0.1, 0.15) is 6.10 Å². The zero-order chi connectivity index (χ0) is 8.77. The molecule has 1 saturated carbocycles. The lowest BCUT2D eigenvalue weighted by atomic mass is 9.85. The molecule has 0 spiro atoms. The summed E-state index contributed by atoms with van der Waals surface area (Å²) in [5.74, 6) is 0.922. The van der Waals surface area contributed by atoms with E-state index in [9.17, 15) is 4.79 Å². The van der Waals surface area contributed by atoms with Gasteiger partial charge in [0, 0.05) is 11.8 Å². The standard InChI is InChI=1S/C10H16O2/c1-7(2)10(4-5-10)9-8(11)3-6-12-9/h7,9H,3-6H2,1-2H3. The molecule has 1 heterocycles. The van der Waals surface area contributed by atoms with E-state index in [2.05, 4.69) is 13.8 Å². The number of ether oxygens (including phenoxy) is 1. The fourth-order valence-electron chi connectivity index (χ4n) is 2.27. The van der Waals surface area contributed by atoms with Crippen LogP contribution in [-0.2, 0) is 9.53 Å². The van der Waals surface area contributed by atoms with Crippen LogP contribution in [0.25, 0.3) is 0 Å². The van der Waals surface area contributed by atoms with Crippen molar-refractivity contribution in [3.8, 4) is 0 Å². The molecule has 2 aliphatic rings. The predicted octanol–water partition coefficient (Wildman–Crippen LogP) is 1.78. The van der Waals surface area contributed by atoms with E-state index in [4.69, 9.17) is 4.74 Å². The van der Waals surface area contributed by atoms with Crippen LogP contribution in [0.5, 0.6) is 0 Å². The van der Waals surface area contributed by atoms with Crippen LogP contribution >= 0.6 is 0 Å². The van der Waals surface area contributed by atoms with Crippen LogP contribution < -0.4 is 0 Å². The highest BCUT2D eigenvalue weighted by atomic mass is 16.5. The van der Waals surface area contributed by atoms with Gasteiger partial charge in [-0.05, 0) is 18.8 Å². The van der Waals surface area contributed by atoms with Gasteiger partial charge in [-0.3, -0.25) is 4.79 Å². The second kappa shape index (κ2) is 2.56. The Hall–Kier alpha value is -0.370. The largest absolute Gasteiger partial charge is 0.369 e. The van der Waals surface area contributed by atoms with Gasteiger partial charge >= 0.3 is 0 Å². The molecule has 68 valence electrons. The maximum absolute atomic E-state index is 11.4. The SMILES string of the molecule is CC(C)C1(C2OCCC2=O)CC1. The lowest BCUT2D eigenvalue weighted by molar-refractivity contribution is -0.126. The van der Waals surface area contributed by atoms with Crippen LogP contribution in [-0.4, -0.2) is 18.5 Å². The van der Waals surface area contributed by atoms with Crippen LogP contribution in [0, 0.1) is 11.3 Å². The molecule has 12 heavy (non-hydrogen) atoms. The third-order valence-electron chi connectivity index (χ3n) is 3.42. The summed E-state index contributed by atoms with van der Waals surface area (Å²) in [7, 11) is 0. The molecule has 0 amide bonds. The fourth-order valence-corrected chi connectivity index (χ4v) is 2.27. The molecular weight excluding hydrogens is 152 g/mol. The first-order valence-corrected chi connectivity index (χ1v) is 4.81. The molecule has 1 unspecified atom stereocenters. The zero-order valence-corrected chi connectivity index (χ0v) is 7.80. The maximum atomic E-state index is 11.4. The summed E-state index contributed by atoms with van der Waals surface area (Å²) in [6.45, 7) is 5.04. The first-order valence-electron chi connectivity index (χ1n) is 4.81. The Morgan fingerprint density at radius 1 is 1.50 bits per heavy atom. The van der Waals surface area contributed by atoms with Crippen molar-refractivity contribution in [2.45, 2.75) is 39.2 Å². The molecule has 0 radical (unpaired) electrons. The third kappa shape index (κ3) is 1.01. The quantitative estimate of drug-likeness (QED) is 0.628. The van der Waals surface area contributed by atoms with E-state index in [-0.39, 0.29) is 11.5 Å².